The molecule has 0 bridgehead atoms. The SMILES string of the molecule is O=C(Nc1ccc(O[C@H]2CCC(F)(F)C2)cc1)c1cc(-c2ccc3n[nH]nc3n2)ccc1F. The third kappa shape index (κ3) is 4.50. The zero-order valence-corrected chi connectivity index (χ0v) is 17.2. The van der Waals surface area contributed by atoms with E-state index in [1.165, 1.54) is 18.2 Å². The highest BCUT2D eigenvalue weighted by molar-refractivity contribution is 6.05. The van der Waals surface area contributed by atoms with Crippen LogP contribution < -0.4 is 10.1 Å². The van der Waals surface area contributed by atoms with Crippen LogP contribution >= 0.6 is 0 Å². The number of nitrogens with one attached hydrogen (secondary N) is 2. The van der Waals surface area contributed by atoms with Crippen molar-refractivity contribution in [1.29, 1.82) is 0 Å². The Labute approximate surface area is 186 Å². The number of aromatic amines is 1. The summed E-state index contributed by atoms with van der Waals surface area (Å²) in [6, 6.07) is 13.9. The van der Waals surface area contributed by atoms with Crippen LogP contribution in [0, 0.1) is 5.82 Å². The van der Waals surface area contributed by atoms with E-state index in [0.29, 0.717) is 40.3 Å². The number of alkyl halides is 2. The molecule has 1 aliphatic rings. The number of hydrogen-bond acceptors (Lipinski definition) is 5. The summed E-state index contributed by atoms with van der Waals surface area (Å²) >= 11 is 0. The van der Waals surface area contributed by atoms with Crippen molar-refractivity contribution in [1.82, 2.24) is 20.4 Å². The molecule has 2 aromatic carbocycles. The molecule has 1 amide bonds. The molecule has 0 aliphatic heterocycles. The van der Waals surface area contributed by atoms with Crippen molar-refractivity contribution in [2.75, 3.05) is 5.32 Å². The highest BCUT2D eigenvalue weighted by Gasteiger charge is 2.40. The molecule has 1 fully saturated rings. The molecule has 0 radical (unpaired) electrons. The Morgan fingerprint density at radius 1 is 1.09 bits per heavy atom. The van der Waals surface area contributed by atoms with Gasteiger partial charge in [-0.05, 0) is 61.0 Å². The van der Waals surface area contributed by atoms with Crippen LogP contribution in [0.5, 0.6) is 5.75 Å². The monoisotopic (exact) mass is 453 g/mol. The van der Waals surface area contributed by atoms with Gasteiger partial charge in [-0.1, -0.05) is 0 Å². The van der Waals surface area contributed by atoms with Gasteiger partial charge in [0.25, 0.3) is 11.8 Å². The summed E-state index contributed by atoms with van der Waals surface area (Å²) in [6.07, 6.45) is -0.736. The van der Waals surface area contributed by atoms with Crippen LogP contribution in [-0.4, -0.2) is 38.3 Å². The molecule has 5 rings (SSSR count). The van der Waals surface area contributed by atoms with E-state index in [0.717, 1.165) is 0 Å². The van der Waals surface area contributed by atoms with Crippen molar-refractivity contribution in [3.63, 3.8) is 0 Å². The predicted molar refractivity (Wildman–Crippen MR) is 115 cm³/mol. The van der Waals surface area contributed by atoms with Crippen molar-refractivity contribution >= 4 is 22.8 Å². The summed E-state index contributed by atoms with van der Waals surface area (Å²) < 4.78 is 46.6. The number of carbonyl (C=O) groups is 1. The average molecular weight is 453 g/mol. The van der Waals surface area contributed by atoms with Gasteiger partial charge >= 0.3 is 0 Å². The second-order valence-corrected chi connectivity index (χ2v) is 7.87. The number of halogens is 3. The van der Waals surface area contributed by atoms with Crippen LogP contribution in [0.3, 0.4) is 0 Å². The summed E-state index contributed by atoms with van der Waals surface area (Å²) in [5, 5.41) is 13.0. The fourth-order valence-electron chi connectivity index (χ4n) is 3.77. The number of pyridine rings is 1. The molecule has 0 spiro atoms. The third-order valence-electron chi connectivity index (χ3n) is 5.46. The van der Waals surface area contributed by atoms with Crippen molar-refractivity contribution in [2.45, 2.75) is 31.3 Å². The van der Waals surface area contributed by atoms with Crippen LogP contribution in [0.25, 0.3) is 22.4 Å². The van der Waals surface area contributed by atoms with Gasteiger partial charge in [-0.15, -0.1) is 5.10 Å². The van der Waals surface area contributed by atoms with Gasteiger partial charge in [0, 0.05) is 24.1 Å². The number of anilines is 1. The maximum Gasteiger partial charge on any atom is 0.258 e. The first-order valence-corrected chi connectivity index (χ1v) is 10.3. The Morgan fingerprint density at radius 3 is 2.67 bits per heavy atom. The molecule has 4 aromatic rings. The van der Waals surface area contributed by atoms with E-state index in [-0.39, 0.29) is 18.4 Å². The predicted octanol–water partition coefficient (Wildman–Crippen LogP) is 4.98. The minimum absolute atomic E-state index is 0.150. The molecule has 0 saturated heterocycles. The molecule has 168 valence electrons. The van der Waals surface area contributed by atoms with E-state index in [1.807, 2.05) is 0 Å². The van der Waals surface area contributed by atoms with E-state index in [2.05, 4.69) is 25.7 Å². The smallest absolute Gasteiger partial charge is 0.258 e. The second-order valence-electron chi connectivity index (χ2n) is 7.87. The Bertz CT molecular complexity index is 1320. The van der Waals surface area contributed by atoms with Gasteiger partial charge < -0.3 is 10.1 Å². The highest BCUT2D eigenvalue weighted by Crippen LogP contribution is 2.37. The number of nitrogens with zero attached hydrogens (tertiary/aromatic N) is 3. The minimum Gasteiger partial charge on any atom is -0.490 e. The van der Waals surface area contributed by atoms with Crippen LogP contribution in [-0.2, 0) is 0 Å². The average Bonchev–Trinajstić information content (AvgIpc) is 3.40. The summed E-state index contributed by atoms with van der Waals surface area (Å²) in [5.74, 6) is -3.58. The van der Waals surface area contributed by atoms with Crippen molar-refractivity contribution in [2.24, 2.45) is 0 Å². The normalized spacial score (nSPS) is 17.2. The van der Waals surface area contributed by atoms with Crippen LogP contribution in [0.4, 0.5) is 18.9 Å². The van der Waals surface area contributed by atoms with E-state index in [1.54, 1.807) is 36.4 Å². The molecule has 0 unspecified atom stereocenters. The molecule has 2 heterocycles. The summed E-state index contributed by atoms with van der Waals surface area (Å²) in [4.78, 5) is 17.1. The van der Waals surface area contributed by atoms with Gasteiger partial charge in [0.2, 0.25) is 5.65 Å². The molecule has 2 aromatic heterocycles. The van der Waals surface area contributed by atoms with Gasteiger partial charge in [0.1, 0.15) is 23.2 Å². The molecular weight excluding hydrogens is 435 g/mol. The first kappa shape index (κ1) is 20.9. The topological polar surface area (TPSA) is 92.8 Å². The lowest BCUT2D eigenvalue weighted by molar-refractivity contribution is -0.00106. The van der Waals surface area contributed by atoms with Crippen molar-refractivity contribution in [3.05, 3.63) is 66.0 Å². The fraction of sp³-hybridized carbons (Fsp3) is 0.217. The molecule has 7 nitrogen and oxygen atoms in total. The second kappa shape index (κ2) is 8.19. The number of amides is 1. The Kier molecular flexibility index (Phi) is 5.20. The maximum absolute atomic E-state index is 14.4. The summed E-state index contributed by atoms with van der Waals surface area (Å²) in [5.41, 5.74) is 2.33. The van der Waals surface area contributed by atoms with Gasteiger partial charge in [-0.25, -0.2) is 18.2 Å². The van der Waals surface area contributed by atoms with E-state index >= 15 is 0 Å². The number of ether oxygens (including phenoxy) is 1. The quantitative estimate of drug-likeness (QED) is 0.445. The van der Waals surface area contributed by atoms with Gasteiger partial charge in [-0.2, -0.15) is 10.3 Å². The molecule has 1 saturated carbocycles. The highest BCUT2D eigenvalue weighted by atomic mass is 19.3. The fourth-order valence-corrected chi connectivity index (χ4v) is 3.77. The van der Waals surface area contributed by atoms with Crippen LogP contribution in [0.15, 0.2) is 54.6 Å². The number of benzene rings is 2. The molecule has 1 aliphatic carbocycles. The standard InChI is InChI=1S/C23H18F3N5O2/c24-18-6-1-13(19-7-8-20-21(28-19)30-31-29-20)11-17(18)22(32)27-14-2-4-15(5-3-14)33-16-9-10-23(25,26)12-16/h1-8,11,16H,9-10,12H2,(H,27,32)(H,28,29,30,31)/t16-/m0/s1. The zero-order chi connectivity index (χ0) is 23.0. The Hall–Kier alpha value is -3.95. The van der Waals surface area contributed by atoms with Gasteiger partial charge in [-0.3, -0.25) is 4.79 Å². The van der Waals surface area contributed by atoms with Crippen molar-refractivity contribution in [3.8, 4) is 17.0 Å². The third-order valence-corrected chi connectivity index (χ3v) is 5.46. The van der Waals surface area contributed by atoms with Crippen molar-refractivity contribution < 1.29 is 22.7 Å². The number of fused-ring (bicyclic) bond motifs is 1. The van der Waals surface area contributed by atoms with E-state index in [4.69, 9.17) is 4.74 Å². The Morgan fingerprint density at radius 2 is 1.91 bits per heavy atom. The number of carbonyl (C=O) groups excluding carboxylic acids is 1. The molecule has 2 N–H and O–H groups in total. The molecule has 33 heavy (non-hydrogen) atoms. The number of H-pyrrole nitrogens is 1. The minimum atomic E-state index is -2.69. The van der Waals surface area contributed by atoms with Gasteiger partial charge in [0.15, 0.2) is 0 Å². The Balaban J connectivity index is 1.30. The van der Waals surface area contributed by atoms with Crippen LogP contribution in [0.1, 0.15) is 29.6 Å². The summed E-state index contributed by atoms with van der Waals surface area (Å²) in [6.45, 7) is 0. The van der Waals surface area contributed by atoms with Gasteiger partial charge in [0.05, 0.1) is 11.3 Å². The molecule has 1 atom stereocenters. The van der Waals surface area contributed by atoms with E-state index in [9.17, 15) is 18.0 Å². The lowest BCUT2D eigenvalue weighted by Gasteiger charge is -2.14. The molecular formula is C23H18F3N5O2. The van der Waals surface area contributed by atoms with Crippen LogP contribution in [0.2, 0.25) is 0 Å². The number of rotatable bonds is 5. The lowest BCUT2D eigenvalue weighted by Crippen LogP contribution is -2.17. The maximum atomic E-state index is 14.4. The first-order chi connectivity index (χ1) is 15.9. The first-order valence-electron chi connectivity index (χ1n) is 10.3. The summed E-state index contributed by atoms with van der Waals surface area (Å²) in [7, 11) is 0. The number of aromatic nitrogens is 4. The lowest BCUT2D eigenvalue weighted by atomic mass is 10.1. The molecule has 10 heteroatoms. The van der Waals surface area contributed by atoms with E-state index < -0.39 is 23.8 Å². The number of hydrogen-bond donors (Lipinski definition) is 2. The zero-order valence-electron chi connectivity index (χ0n) is 17.2. The largest absolute Gasteiger partial charge is 0.490 e.